The molecule has 0 bridgehead atoms. The average Bonchev–Trinajstić information content (AvgIpc) is 3.28. The summed E-state index contributed by atoms with van der Waals surface area (Å²) in [4.78, 5) is 37.9. The molecule has 24 heavy (non-hydrogen) atoms. The first-order valence-corrected chi connectivity index (χ1v) is 7.35. The summed E-state index contributed by atoms with van der Waals surface area (Å²) in [5.41, 5.74) is 2.50. The van der Waals surface area contributed by atoms with Crippen molar-refractivity contribution in [2.45, 2.75) is 12.5 Å². The van der Waals surface area contributed by atoms with E-state index in [1.165, 1.54) is 11.9 Å². The standard InChI is InChI=1S/C15H14N6O3/c1-20-11(14(22)21(2)15(20)23)6-12-18-13(19-24-12)8-3-4-9-10(5-8)17-7-16-9/h3-5,7,11H,6H2,1-2H3,(H,16,17)/t11-/m0/s1. The number of hydrogen-bond donors (Lipinski definition) is 1. The van der Waals surface area contributed by atoms with Crippen LogP contribution in [0.3, 0.4) is 0 Å². The summed E-state index contributed by atoms with van der Waals surface area (Å²) in [6.07, 6.45) is 1.80. The number of nitrogens with one attached hydrogen (secondary N) is 1. The van der Waals surface area contributed by atoms with Crippen molar-refractivity contribution in [1.82, 2.24) is 29.9 Å². The van der Waals surface area contributed by atoms with Crippen molar-refractivity contribution in [3.63, 3.8) is 0 Å². The van der Waals surface area contributed by atoms with Gasteiger partial charge < -0.3 is 14.4 Å². The minimum Gasteiger partial charge on any atom is -0.345 e. The molecule has 0 spiro atoms. The normalized spacial score (nSPS) is 18.2. The van der Waals surface area contributed by atoms with Gasteiger partial charge in [-0.3, -0.25) is 9.69 Å². The Labute approximate surface area is 136 Å². The Kier molecular flexibility index (Phi) is 3.08. The Morgan fingerprint density at radius 3 is 2.88 bits per heavy atom. The van der Waals surface area contributed by atoms with Crippen LogP contribution in [0.5, 0.6) is 0 Å². The van der Waals surface area contributed by atoms with E-state index in [2.05, 4.69) is 20.1 Å². The largest absolute Gasteiger partial charge is 0.345 e. The fourth-order valence-electron chi connectivity index (χ4n) is 2.77. The lowest BCUT2D eigenvalue weighted by Crippen LogP contribution is -2.33. The van der Waals surface area contributed by atoms with Crippen molar-refractivity contribution in [1.29, 1.82) is 0 Å². The van der Waals surface area contributed by atoms with Crippen LogP contribution in [0.2, 0.25) is 0 Å². The molecule has 1 atom stereocenters. The van der Waals surface area contributed by atoms with Crippen LogP contribution >= 0.6 is 0 Å². The first-order chi connectivity index (χ1) is 11.5. The minimum absolute atomic E-state index is 0.185. The Morgan fingerprint density at radius 1 is 1.29 bits per heavy atom. The highest BCUT2D eigenvalue weighted by atomic mass is 16.5. The van der Waals surface area contributed by atoms with Gasteiger partial charge in [-0.25, -0.2) is 9.78 Å². The zero-order chi connectivity index (χ0) is 16.8. The maximum absolute atomic E-state index is 12.1. The van der Waals surface area contributed by atoms with Crippen molar-refractivity contribution in [2.75, 3.05) is 14.1 Å². The maximum atomic E-state index is 12.1. The van der Waals surface area contributed by atoms with Crippen LogP contribution in [-0.4, -0.2) is 62.0 Å². The molecule has 1 aliphatic heterocycles. The van der Waals surface area contributed by atoms with Gasteiger partial charge in [-0.2, -0.15) is 4.98 Å². The number of hydrogen-bond acceptors (Lipinski definition) is 6. The third kappa shape index (κ3) is 2.13. The molecule has 9 heteroatoms. The molecular weight excluding hydrogens is 312 g/mol. The second kappa shape index (κ2) is 5.15. The molecule has 0 radical (unpaired) electrons. The lowest BCUT2D eigenvalue weighted by molar-refractivity contribution is -0.127. The summed E-state index contributed by atoms with van der Waals surface area (Å²) >= 11 is 0. The Bertz CT molecular complexity index is 945. The molecule has 3 aromatic rings. The number of imide groups is 1. The molecule has 1 fully saturated rings. The molecule has 1 N–H and O–H groups in total. The van der Waals surface area contributed by atoms with Crippen molar-refractivity contribution >= 4 is 23.0 Å². The molecule has 122 valence electrons. The highest BCUT2D eigenvalue weighted by Crippen LogP contribution is 2.22. The van der Waals surface area contributed by atoms with Crippen molar-refractivity contribution in [3.05, 3.63) is 30.4 Å². The second-order valence-corrected chi connectivity index (χ2v) is 5.66. The Hall–Kier alpha value is -3.23. The highest BCUT2D eigenvalue weighted by Gasteiger charge is 2.41. The molecule has 1 aliphatic rings. The third-order valence-electron chi connectivity index (χ3n) is 4.19. The summed E-state index contributed by atoms with van der Waals surface area (Å²) in [5.74, 6) is 0.457. The van der Waals surface area contributed by atoms with Crippen LogP contribution in [0.4, 0.5) is 4.79 Å². The molecule has 3 amide bonds. The van der Waals surface area contributed by atoms with Gasteiger partial charge in [0, 0.05) is 19.7 Å². The van der Waals surface area contributed by atoms with Crippen LogP contribution in [-0.2, 0) is 11.2 Å². The fourth-order valence-corrected chi connectivity index (χ4v) is 2.77. The van der Waals surface area contributed by atoms with Gasteiger partial charge in [0.25, 0.3) is 5.91 Å². The van der Waals surface area contributed by atoms with Gasteiger partial charge in [0.2, 0.25) is 11.7 Å². The van der Waals surface area contributed by atoms with Crippen LogP contribution in [0.25, 0.3) is 22.4 Å². The van der Waals surface area contributed by atoms with Crippen molar-refractivity contribution in [3.8, 4) is 11.4 Å². The number of imidazole rings is 1. The van der Waals surface area contributed by atoms with Crippen LogP contribution < -0.4 is 0 Å². The van der Waals surface area contributed by atoms with Gasteiger partial charge in [0.15, 0.2) is 0 Å². The molecular formula is C15H14N6O3. The van der Waals surface area contributed by atoms with E-state index in [9.17, 15) is 9.59 Å². The number of urea groups is 1. The molecule has 1 saturated heterocycles. The quantitative estimate of drug-likeness (QED) is 0.721. The molecule has 1 aromatic carbocycles. The number of H-pyrrole nitrogens is 1. The van der Waals surface area contributed by atoms with E-state index in [0.29, 0.717) is 11.7 Å². The van der Waals surface area contributed by atoms with E-state index >= 15 is 0 Å². The van der Waals surface area contributed by atoms with Gasteiger partial charge in [-0.1, -0.05) is 5.16 Å². The van der Waals surface area contributed by atoms with Gasteiger partial charge in [-0.05, 0) is 18.2 Å². The van der Waals surface area contributed by atoms with E-state index in [0.717, 1.165) is 21.5 Å². The molecule has 2 aromatic heterocycles. The number of carbonyl (C=O) groups excluding carboxylic acids is 2. The predicted octanol–water partition coefficient (Wildman–Crippen LogP) is 1.05. The summed E-state index contributed by atoms with van der Waals surface area (Å²) < 4.78 is 5.25. The number of amides is 3. The molecule has 0 aliphatic carbocycles. The SMILES string of the molecule is CN1C(=O)[C@H](Cc2nc(-c3ccc4nc[nH]c4c3)no2)N(C)C1=O. The smallest absolute Gasteiger partial charge is 0.326 e. The van der Waals surface area contributed by atoms with E-state index in [4.69, 9.17) is 4.52 Å². The third-order valence-corrected chi connectivity index (χ3v) is 4.19. The summed E-state index contributed by atoms with van der Waals surface area (Å²) in [7, 11) is 3.04. The number of aromatic nitrogens is 4. The summed E-state index contributed by atoms with van der Waals surface area (Å²) in [6.45, 7) is 0. The molecule has 0 saturated carbocycles. The van der Waals surface area contributed by atoms with Crippen molar-refractivity contribution < 1.29 is 14.1 Å². The number of aromatic amines is 1. The van der Waals surface area contributed by atoms with Crippen LogP contribution in [0.15, 0.2) is 29.0 Å². The van der Waals surface area contributed by atoms with E-state index < -0.39 is 6.04 Å². The molecule has 9 nitrogen and oxygen atoms in total. The number of nitrogens with zero attached hydrogens (tertiary/aromatic N) is 5. The lowest BCUT2D eigenvalue weighted by Gasteiger charge is -2.13. The number of benzene rings is 1. The van der Waals surface area contributed by atoms with Crippen LogP contribution in [0.1, 0.15) is 5.89 Å². The average molecular weight is 326 g/mol. The van der Waals surface area contributed by atoms with E-state index in [1.54, 1.807) is 13.4 Å². The number of rotatable bonds is 3. The lowest BCUT2D eigenvalue weighted by atomic mass is 10.2. The monoisotopic (exact) mass is 326 g/mol. The van der Waals surface area contributed by atoms with E-state index in [-0.39, 0.29) is 18.4 Å². The highest BCUT2D eigenvalue weighted by molar-refractivity contribution is 6.03. The Morgan fingerprint density at radius 2 is 2.12 bits per heavy atom. The fraction of sp³-hybridized carbons (Fsp3) is 0.267. The minimum atomic E-state index is -0.620. The van der Waals surface area contributed by atoms with Gasteiger partial charge in [0.05, 0.1) is 23.8 Å². The van der Waals surface area contributed by atoms with Gasteiger partial charge in [0.1, 0.15) is 6.04 Å². The molecule has 0 unspecified atom stereocenters. The zero-order valence-electron chi connectivity index (χ0n) is 13.1. The number of likely N-dealkylation sites (N-methyl/N-ethyl adjacent to an activating group) is 2. The summed E-state index contributed by atoms with van der Waals surface area (Å²) in [6, 6.07) is 4.63. The number of fused-ring (bicyclic) bond motifs is 1. The van der Waals surface area contributed by atoms with Crippen LogP contribution in [0, 0.1) is 0 Å². The van der Waals surface area contributed by atoms with Crippen molar-refractivity contribution in [2.24, 2.45) is 0 Å². The second-order valence-electron chi connectivity index (χ2n) is 5.66. The molecule has 4 rings (SSSR count). The predicted molar refractivity (Wildman–Crippen MR) is 82.8 cm³/mol. The van der Waals surface area contributed by atoms with Gasteiger partial charge >= 0.3 is 6.03 Å². The Balaban J connectivity index is 1.59. The van der Waals surface area contributed by atoms with E-state index in [1.807, 2.05) is 18.2 Å². The van der Waals surface area contributed by atoms with Gasteiger partial charge in [-0.15, -0.1) is 0 Å². The summed E-state index contributed by atoms with van der Waals surface area (Å²) in [5, 5.41) is 3.96. The first kappa shape index (κ1) is 14.4. The zero-order valence-corrected chi connectivity index (χ0v) is 13.1. The topological polar surface area (TPSA) is 108 Å². The first-order valence-electron chi connectivity index (χ1n) is 7.35. The maximum Gasteiger partial charge on any atom is 0.326 e. The number of carbonyl (C=O) groups is 2. The molecule has 3 heterocycles.